The molecule has 3 nitrogen and oxygen atoms in total. The molecule has 0 aromatic heterocycles. The largest absolute Gasteiger partial charge is 0.508 e. The Kier molecular flexibility index (Phi) is 2.20. The first-order chi connectivity index (χ1) is 8.56. The zero-order valence-corrected chi connectivity index (χ0v) is 9.64. The highest BCUT2D eigenvalue weighted by Gasteiger charge is 2.24. The van der Waals surface area contributed by atoms with Crippen LogP contribution in [0.15, 0.2) is 30.3 Å². The second-order valence-electron chi connectivity index (χ2n) is 4.33. The summed E-state index contributed by atoms with van der Waals surface area (Å²) in [5.41, 5.74) is 2.19. The van der Waals surface area contributed by atoms with Crippen LogP contribution in [-0.2, 0) is 0 Å². The molecule has 1 atom stereocenters. The third-order valence-corrected chi connectivity index (χ3v) is 3.12. The molecule has 1 aliphatic rings. The minimum Gasteiger partial charge on any atom is -0.508 e. The Bertz CT molecular complexity index is 637. The van der Waals surface area contributed by atoms with Gasteiger partial charge >= 0.3 is 0 Å². The van der Waals surface area contributed by atoms with Crippen LogP contribution in [0.4, 0.5) is 4.39 Å². The van der Waals surface area contributed by atoms with Gasteiger partial charge in [0.05, 0.1) is 0 Å². The highest BCUT2D eigenvalue weighted by atomic mass is 19.1. The predicted octanol–water partition coefficient (Wildman–Crippen LogP) is 3.36. The smallest absolute Gasteiger partial charge is 0.165 e. The van der Waals surface area contributed by atoms with Gasteiger partial charge in [0.2, 0.25) is 0 Å². The van der Waals surface area contributed by atoms with Gasteiger partial charge in [0.25, 0.3) is 0 Å². The molecule has 2 N–H and O–H groups in total. The number of rotatable bonds is 0. The molecule has 0 saturated carbocycles. The quantitative estimate of drug-likeness (QED) is 0.749. The van der Waals surface area contributed by atoms with E-state index in [1.165, 1.54) is 12.1 Å². The maximum absolute atomic E-state index is 13.4. The molecule has 1 unspecified atom stereocenters. The van der Waals surface area contributed by atoms with Crippen LogP contribution in [0.3, 0.4) is 0 Å². The Morgan fingerprint density at radius 3 is 2.67 bits per heavy atom. The van der Waals surface area contributed by atoms with Crippen LogP contribution < -0.4 is 4.74 Å². The summed E-state index contributed by atoms with van der Waals surface area (Å²) < 4.78 is 19.0. The highest BCUT2D eigenvalue weighted by Crippen LogP contribution is 2.45. The lowest BCUT2D eigenvalue weighted by atomic mass is 9.93. The summed E-state index contributed by atoms with van der Waals surface area (Å²) in [7, 11) is 0. The topological polar surface area (TPSA) is 49.7 Å². The van der Waals surface area contributed by atoms with E-state index < -0.39 is 11.6 Å². The van der Waals surface area contributed by atoms with Gasteiger partial charge in [0.15, 0.2) is 11.6 Å². The molecule has 0 bridgehead atoms. The maximum Gasteiger partial charge on any atom is 0.165 e. The van der Waals surface area contributed by atoms with E-state index in [2.05, 4.69) is 0 Å². The molecule has 18 heavy (non-hydrogen) atoms. The van der Waals surface area contributed by atoms with Crippen LogP contribution in [-0.4, -0.2) is 10.2 Å². The molecule has 3 rings (SSSR count). The van der Waals surface area contributed by atoms with Gasteiger partial charge in [-0.2, -0.15) is 0 Å². The summed E-state index contributed by atoms with van der Waals surface area (Å²) in [6.07, 6.45) is -0.260. The van der Waals surface area contributed by atoms with Crippen molar-refractivity contribution in [3.05, 3.63) is 41.7 Å². The number of hydrogen-bond donors (Lipinski definition) is 2. The molecule has 0 amide bonds. The van der Waals surface area contributed by atoms with Gasteiger partial charge in [-0.3, -0.25) is 0 Å². The van der Waals surface area contributed by atoms with Crippen molar-refractivity contribution in [3.8, 4) is 28.4 Å². The first-order valence-corrected chi connectivity index (χ1v) is 5.58. The molecule has 0 radical (unpaired) electrons. The molecular formula is C14H11FO3. The van der Waals surface area contributed by atoms with E-state index >= 15 is 0 Å². The SMILES string of the molecule is CC1Oc2cc(O)c(F)cc2-c2ccc(O)cc21. The third-order valence-electron chi connectivity index (χ3n) is 3.12. The average Bonchev–Trinajstić information content (AvgIpc) is 2.32. The van der Waals surface area contributed by atoms with Crippen molar-refractivity contribution in [2.24, 2.45) is 0 Å². The van der Waals surface area contributed by atoms with E-state index in [1.54, 1.807) is 18.2 Å². The van der Waals surface area contributed by atoms with E-state index in [1.807, 2.05) is 6.92 Å². The summed E-state index contributed by atoms with van der Waals surface area (Å²) in [5.74, 6) is -0.527. The number of aromatic hydroxyl groups is 2. The standard InChI is InChI=1S/C14H11FO3/c1-7-10-4-8(16)2-3-9(10)11-5-12(15)13(17)6-14(11)18-7/h2-7,16-17H,1H3. The van der Waals surface area contributed by atoms with Crippen LogP contribution in [0.1, 0.15) is 18.6 Å². The van der Waals surface area contributed by atoms with Gasteiger partial charge in [0.1, 0.15) is 17.6 Å². The first-order valence-electron chi connectivity index (χ1n) is 5.58. The Hall–Kier alpha value is -2.23. The number of halogens is 1. The normalized spacial score (nSPS) is 16.7. The van der Waals surface area contributed by atoms with Gasteiger partial charge in [-0.05, 0) is 30.7 Å². The van der Waals surface area contributed by atoms with E-state index in [9.17, 15) is 14.6 Å². The molecule has 92 valence electrons. The Morgan fingerprint density at radius 1 is 1.11 bits per heavy atom. The van der Waals surface area contributed by atoms with Crippen molar-refractivity contribution in [2.45, 2.75) is 13.0 Å². The number of ether oxygens (including phenoxy) is 1. The second-order valence-corrected chi connectivity index (χ2v) is 4.33. The van der Waals surface area contributed by atoms with Crippen molar-refractivity contribution in [3.63, 3.8) is 0 Å². The summed E-state index contributed by atoms with van der Waals surface area (Å²) in [6, 6.07) is 7.39. The molecule has 2 aromatic carbocycles. The Morgan fingerprint density at radius 2 is 1.89 bits per heavy atom. The molecule has 0 aliphatic carbocycles. The monoisotopic (exact) mass is 246 g/mol. The lowest BCUT2D eigenvalue weighted by Crippen LogP contribution is -2.11. The summed E-state index contributed by atoms with van der Waals surface area (Å²) in [6.45, 7) is 1.83. The lowest BCUT2D eigenvalue weighted by molar-refractivity contribution is 0.221. The number of phenols is 2. The van der Waals surface area contributed by atoms with Gasteiger partial charge in [-0.15, -0.1) is 0 Å². The lowest BCUT2D eigenvalue weighted by Gasteiger charge is -2.26. The van der Waals surface area contributed by atoms with Crippen molar-refractivity contribution in [1.82, 2.24) is 0 Å². The summed E-state index contributed by atoms with van der Waals surface area (Å²) >= 11 is 0. The van der Waals surface area contributed by atoms with Crippen molar-refractivity contribution >= 4 is 0 Å². The minimum atomic E-state index is -0.689. The van der Waals surface area contributed by atoms with E-state index in [0.29, 0.717) is 11.3 Å². The van der Waals surface area contributed by atoms with Gasteiger partial charge in [0, 0.05) is 17.2 Å². The molecular weight excluding hydrogens is 235 g/mol. The average molecular weight is 246 g/mol. The summed E-state index contributed by atoms with van der Waals surface area (Å²) in [5, 5.41) is 18.8. The number of fused-ring (bicyclic) bond motifs is 3. The molecule has 0 fully saturated rings. The number of hydrogen-bond acceptors (Lipinski definition) is 3. The molecule has 1 aliphatic heterocycles. The molecule has 0 saturated heterocycles. The fourth-order valence-electron chi connectivity index (χ4n) is 2.24. The van der Waals surface area contributed by atoms with E-state index in [-0.39, 0.29) is 11.9 Å². The molecule has 0 spiro atoms. The van der Waals surface area contributed by atoms with Crippen LogP contribution in [0, 0.1) is 5.82 Å². The van der Waals surface area contributed by atoms with Gasteiger partial charge in [-0.1, -0.05) is 6.07 Å². The van der Waals surface area contributed by atoms with E-state index in [4.69, 9.17) is 4.74 Å². The van der Waals surface area contributed by atoms with Crippen molar-refractivity contribution in [1.29, 1.82) is 0 Å². The molecule has 2 aromatic rings. The number of phenolic OH excluding ortho intramolecular Hbond substituents is 2. The van der Waals surface area contributed by atoms with Crippen LogP contribution in [0.25, 0.3) is 11.1 Å². The van der Waals surface area contributed by atoms with Crippen molar-refractivity contribution < 1.29 is 19.3 Å². The fourth-order valence-corrected chi connectivity index (χ4v) is 2.24. The first kappa shape index (κ1) is 10.9. The third kappa shape index (κ3) is 1.49. The molecule has 1 heterocycles. The van der Waals surface area contributed by atoms with Crippen LogP contribution in [0.2, 0.25) is 0 Å². The zero-order chi connectivity index (χ0) is 12.9. The zero-order valence-electron chi connectivity index (χ0n) is 9.64. The minimum absolute atomic E-state index is 0.145. The van der Waals surface area contributed by atoms with E-state index in [0.717, 1.165) is 11.1 Å². The van der Waals surface area contributed by atoms with Gasteiger partial charge in [-0.25, -0.2) is 4.39 Å². The molecule has 4 heteroatoms. The van der Waals surface area contributed by atoms with Crippen LogP contribution >= 0.6 is 0 Å². The second kappa shape index (κ2) is 3.63. The number of benzene rings is 2. The summed E-state index contributed by atoms with van der Waals surface area (Å²) in [4.78, 5) is 0. The Labute approximate surface area is 103 Å². The highest BCUT2D eigenvalue weighted by molar-refractivity contribution is 5.77. The fraction of sp³-hybridized carbons (Fsp3) is 0.143. The van der Waals surface area contributed by atoms with Crippen molar-refractivity contribution in [2.75, 3.05) is 0 Å². The predicted molar refractivity (Wildman–Crippen MR) is 64.2 cm³/mol. The van der Waals surface area contributed by atoms with Gasteiger partial charge < -0.3 is 14.9 Å². The van der Waals surface area contributed by atoms with Crippen LogP contribution in [0.5, 0.6) is 17.2 Å². The maximum atomic E-state index is 13.4. The Balaban J connectivity index is 2.28.